The lowest BCUT2D eigenvalue weighted by Crippen LogP contribution is -2.50. The summed E-state index contributed by atoms with van der Waals surface area (Å²) in [6.07, 6.45) is 5.32. The number of ketones is 1. The van der Waals surface area contributed by atoms with E-state index in [0.717, 1.165) is 25.7 Å². The number of hydrogen-bond donors (Lipinski definition) is 1. The molecule has 1 heterocycles. The Kier molecular flexibility index (Phi) is 4.94. The van der Waals surface area contributed by atoms with Crippen LogP contribution < -0.4 is 5.32 Å². The summed E-state index contributed by atoms with van der Waals surface area (Å²) in [5.74, 6) is -0.0832. The van der Waals surface area contributed by atoms with Crippen molar-refractivity contribution in [2.75, 3.05) is 6.54 Å². The van der Waals surface area contributed by atoms with Gasteiger partial charge in [-0.1, -0.05) is 56.5 Å². The summed E-state index contributed by atoms with van der Waals surface area (Å²) in [4.78, 5) is 25.3. The van der Waals surface area contributed by atoms with Crippen LogP contribution in [0.5, 0.6) is 0 Å². The van der Waals surface area contributed by atoms with E-state index in [2.05, 4.69) is 12.2 Å². The fourth-order valence-corrected chi connectivity index (χ4v) is 2.99. The third-order valence-corrected chi connectivity index (χ3v) is 4.18. The molecule has 1 amide bonds. The van der Waals surface area contributed by atoms with Gasteiger partial charge in [0, 0.05) is 12.1 Å². The van der Waals surface area contributed by atoms with Crippen LogP contribution in [-0.4, -0.2) is 18.2 Å². The molecule has 1 aliphatic rings. The average Bonchev–Trinajstić information content (AvgIpc) is 2.50. The summed E-state index contributed by atoms with van der Waals surface area (Å²) < 4.78 is 0. The third-order valence-electron chi connectivity index (χ3n) is 4.18. The molecule has 0 bridgehead atoms. The van der Waals surface area contributed by atoms with Crippen molar-refractivity contribution in [2.45, 2.75) is 45.4 Å². The van der Waals surface area contributed by atoms with Gasteiger partial charge in [-0.3, -0.25) is 9.59 Å². The van der Waals surface area contributed by atoms with E-state index >= 15 is 0 Å². The number of Topliss-reactive ketones (excluding diaryl/α,β-unsaturated/α-hetero) is 1. The highest BCUT2D eigenvalue weighted by Crippen LogP contribution is 2.37. The first kappa shape index (κ1) is 14.8. The minimum Gasteiger partial charge on any atom is -0.355 e. The summed E-state index contributed by atoms with van der Waals surface area (Å²) in [5.41, 5.74) is -0.185. The summed E-state index contributed by atoms with van der Waals surface area (Å²) in [5, 5.41) is 2.89. The Morgan fingerprint density at radius 1 is 1.25 bits per heavy atom. The van der Waals surface area contributed by atoms with Crippen molar-refractivity contribution in [3.8, 4) is 0 Å². The molecule has 0 saturated carbocycles. The molecule has 1 fully saturated rings. The Labute approximate surface area is 120 Å². The predicted octanol–water partition coefficient (Wildman–Crippen LogP) is 3.35. The van der Waals surface area contributed by atoms with Crippen molar-refractivity contribution in [1.82, 2.24) is 5.32 Å². The molecule has 1 unspecified atom stereocenters. The number of carbonyl (C=O) groups is 2. The molecular formula is C17H23NO2. The van der Waals surface area contributed by atoms with Crippen molar-refractivity contribution in [3.63, 3.8) is 0 Å². The molecule has 2 rings (SSSR count). The minimum absolute atomic E-state index is 0.00796. The maximum absolute atomic E-state index is 12.9. The number of nitrogens with one attached hydrogen (secondary N) is 1. The standard InChI is InChI=1S/C17H23NO2/c1-2-3-7-11-17(12-8-13-18-16(17)20)15(19)14-9-5-4-6-10-14/h4-6,9-10H,2-3,7-8,11-13H2,1H3,(H,18,20). The summed E-state index contributed by atoms with van der Waals surface area (Å²) in [6, 6.07) is 9.22. The van der Waals surface area contributed by atoms with Gasteiger partial charge in [0.2, 0.25) is 5.91 Å². The van der Waals surface area contributed by atoms with Crippen LogP contribution in [0.15, 0.2) is 30.3 Å². The van der Waals surface area contributed by atoms with Crippen molar-refractivity contribution < 1.29 is 9.59 Å². The van der Waals surface area contributed by atoms with Crippen LogP contribution >= 0.6 is 0 Å². The summed E-state index contributed by atoms with van der Waals surface area (Å²) in [7, 11) is 0. The molecular weight excluding hydrogens is 250 g/mol. The third kappa shape index (κ3) is 2.92. The van der Waals surface area contributed by atoms with Gasteiger partial charge < -0.3 is 5.32 Å². The maximum atomic E-state index is 12.9. The molecule has 0 radical (unpaired) electrons. The van der Waals surface area contributed by atoms with Gasteiger partial charge in [-0.15, -0.1) is 0 Å². The molecule has 0 aliphatic carbocycles. The van der Waals surface area contributed by atoms with E-state index in [4.69, 9.17) is 0 Å². The molecule has 3 heteroatoms. The van der Waals surface area contributed by atoms with Crippen molar-refractivity contribution in [2.24, 2.45) is 5.41 Å². The van der Waals surface area contributed by atoms with E-state index in [1.165, 1.54) is 0 Å². The van der Waals surface area contributed by atoms with Crippen molar-refractivity contribution in [1.29, 1.82) is 0 Å². The van der Waals surface area contributed by atoms with E-state index < -0.39 is 5.41 Å². The molecule has 1 N–H and O–H groups in total. The van der Waals surface area contributed by atoms with Crippen LogP contribution in [-0.2, 0) is 4.79 Å². The zero-order valence-corrected chi connectivity index (χ0v) is 12.2. The molecule has 1 saturated heterocycles. The second-order valence-corrected chi connectivity index (χ2v) is 5.59. The molecule has 108 valence electrons. The minimum atomic E-state index is -0.839. The average molecular weight is 273 g/mol. The Hall–Kier alpha value is -1.64. The smallest absolute Gasteiger partial charge is 0.234 e. The van der Waals surface area contributed by atoms with Gasteiger partial charge >= 0.3 is 0 Å². The fraction of sp³-hybridized carbons (Fsp3) is 0.529. The lowest BCUT2D eigenvalue weighted by atomic mass is 9.70. The molecule has 1 aromatic rings. The van der Waals surface area contributed by atoms with Crippen molar-refractivity contribution in [3.05, 3.63) is 35.9 Å². The summed E-state index contributed by atoms with van der Waals surface area (Å²) >= 11 is 0. The highest BCUT2D eigenvalue weighted by Gasteiger charge is 2.46. The Bertz CT molecular complexity index is 469. The number of amides is 1. The van der Waals surface area contributed by atoms with E-state index in [1.54, 1.807) is 0 Å². The van der Waals surface area contributed by atoms with Gasteiger partial charge in [0.15, 0.2) is 5.78 Å². The SMILES string of the molecule is CCCCCC1(C(=O)c2ccccc2)CCCNC1=O. The summed E-state index contributed by atoms with van der Waals surface area (Å²) in [6.45, 7) is 2.82. The number of rotatable bonds is 6. The molecule has 1 aliphatic heterocycles. The molecule has 20 heavy (non-hydrogen) atoms. The fourth-order valence-electron chi connectivity index (χ4n) is 2.99. The normalized spacial score (nSPS) is 22.4. The highest BCUT2D eigenvalue weighted by molar-refractivity contribution is 6.14. The van der Waals surface area contributed by atoms with Crippen molar-refractivity contribution >= 4 is 11.7 Å². The Morgan fingerprint density at radius 3 is 2.65 bits per heavy atom. The second-order valence-electron chi connectivity index (χ2n) is 5.59. The van der Waals surface area contributed by atoms with Gasteiger partial charge in [0.05, 0.1) is 0 Å². The predicted molar refractivity (Wildman–Crippen MR) is 79.6 cm³/mol. The van der Waals surface area contributed by atoms with Crippen LogP contribution in [0.2, 0.25) is 0 Å². The first-order valence-corrected chi connectivity index (χ1v) is 7.59. The van der Waals surface area contributed by atoms with Crippen LogP contribution in [0.1, 0.15) is 55.8 Å². The van der Waals surface area contributed by atoms with Gasteiger partial charge in [-0.05, 0) is 19.3 Å². The van der Waals surface area contributed by atoms with Crippen LogP contribution in [0.4, 0.5) is 0 Å². The topological polar surface area (TPSA) is 46.2 Å². The monoisotopic (exact) mass is 273 g/mol. The maximum Gasteiger partial charge on any atom is 0.234 e. The zero-order chi connectivity index (χ0) is 14.4. The molecule has 3 nitrogen and oxygen atoms in total. The second kappa shape index (κ2) is 6.69. The van der Waals surface area contributed by atoms with Crippen LogP contribution in [0.25, 0.3) is 0 Å². The first-order chi connectivity index (χ1) is 9.70. The lowest BCUT2D eigenvalue weighted by Gasteiger charge is -2.35. The number of unbranched alkanes of at least 4 members (excludes halogenated alkanes) is 2. The number of carbonyl (C=O) groups excluding carboxylic acids is 2. The number of piperidine rings is 1. The molecule has 1 atom stereocenters. The van der Waals surface area contributed by atoms with Crippen LogP contribution in [0.3, 0.4) is 0 Å². The lowest BCUT2D eigenvalue weighted by molar-refractivity contribution is -0.131. The highest BCUT2D eigenvalue weighted by atomic mass is 16.2. The van der Waals surface area contributed by atoms with E-state index in [1.807, 2.05) is 30.3 Å². The quantitative estimate of drug-likeness (QED) is 0.491. The zero-order valence-electron chi connectivity index (χ0n) is 12.2. The Morgan fingerprint density at radius 2 is 2.00 bits per heavy atom. The van der Waals surface area contributed by atoms with Gasteiger partial charge in [0.1, 0.15) is 5.41 Å². The van der Waals surface area contributed by atoms with Gasteiger partial charge in [-0.2, -0.15) is 0 Å². The van der Waals surface area contributed by atoms with Crippen LogP contribution in [0, 0.1) is 5.41 Å². The first-order valence-electron chi connectivity index (χ1n) is 7.59. The molecule has 1 aromatic carbocycles. The molecule has 0 spiro atoms. The number of hydrogen-bond acceptors (Lipinski definition) is 2. The van der Waals surface area contributed by atoms with Gasteiger partial charge in [-0.25, -0.2) is 0 Å². The van der Waals surface area contributed by atoms with Gasteiger partial charge in [0.25, 0.3) is 0 Å². The van der Waals surface area contributed by atoms with E-state index in [0.29, 0.717) is 24.9 Å². The Balaban J connectivity index is 2.26. The largest absolute Gasteiger partial charge is 0.355 e. The molecule has 0 aromatic heterocycles. The van der Waals surface area contributed by atoms with E-state index in [-0.39, 0.29) is 11.7 Å². The number of benzene rings is 1. The van der Waals surface area contributed by atoms with E-state index in [9.17, 15) is 9.59 Å².